The molecule has 8 heteroatoms. The average molecular weight is 448 g/mol. The molecule has 8 nitrogen and oxygen atoms in total. The van der Waals surface area contributed by atoms with E-state index in [9.17, 15) is 4.79 Å². The van der Waals surface area contributed by atoms with Crippen molar-refractivity contribution in [2.45, 2.75) is 26.5 Å². The third-order valence-electron chi connectivity index (χ3n) is 6.40. The van der Waals surface area contributed by atoms with Gasteiger partial charge in [-0.2, -0.15) is 0 Å². The molecule has 33 heavy (non-hydrogen) atoms. The molecule has 0 N–H and O–H groups in total. The van der Waals surface area contributed by atoms with Gasteiger partial charge in [0.1, 0.15) is 6.61 Å². The molecule has 0 amide bonds. The number of ketones is 1. The number of hydrogen-bond acceptors (Lipinski definition) is 7. The molecule has 1 fully saturated rings. The van der Waals surface area contributed by atoms with Crippen LogP contribution >= 0.6 is 0 Å². The summed E-state index contributed by atoms with van der Waals surface area (Å²) in [5, 5.41) is 0. The van der Waals surface area contributed by atoms with Crippen LogP contribution in [0.15, 0.2) is 48.8 Å². The molecule has 3 aromatic rings. The summed E-state index contributed by atoms with van der Waals surface area (Å²) < 4.78 is 14.2. The van der Waals surface area contributed by atoms with E-state index in [4.69, 9.17) is 9.47 Å². The molecule has 1 atom stereocenters. The number of Topliss-reactive ketones (excluding diaryl/α,β-unsaturated/α-hetero) is 1. The van der Waals surface area contributed by atoms with Crippen molar-refractivity contribution in [1.29, 1.82) is 0 Å². The number of benzene rings is 1. The van der Waals surface area contributed by atoms with Crippen LogP contribution in [0.3, 0.4) is 0 Å². The van der Waals surface area contributed by atoms with Gasteiger partial charge in [0.05, 0.1) is 13.1 Å². The van der Waals surface area contributed by atoms with Crippen LogP contribution in [0.1, 0.15) is 21.7 Å². The minimum absolute atomic E-state index is 0.0964. The minimum atomic E-state index is -0.0964. The van der Waals surface area contributed by atoms with Crippen LogP contribution in [0.4, 0.5) is 5.95 Å². The first kappa shape index (κ1) is 21.5. The lowest BCUT2D eigenvalue weighted by Gasteiger charge is -2.34. The third kappa shape index (κ3) is 4.57. The first-order valence-corrected chi connectivity index (χ1v) is 11.4. The quantitative estimate of drug-likeness (QED) is 0.538. The number of nitrogens with zero attached hydrogens (tertiary/aromatic N) is 5. The predicted octanol–water partition coefficient (Wildman–Crippen LogP) is 2.74. The Morgan fingerprint density at radius 3 is 2.52 bits per heavy atom. The number of fused-ring (bicyclic) bond motifs is 1. The van der Waals surface area contributed by atoms with Gasteiger partial charge in [-0.15, -0.1) is 0 Å². The number of anilines is 1. The molecule has 2 aromatic heterocycles. The normalized spacial score (nSPS) is 18.4. The Labute approximate surface area is 193 Å². The summed E-state index contributed by atoms with van der Waals surface area (Å²) in [4.78, 5) is 26.2. The smallest absolute Gasteiger partial charge is 0.225 e. The lowest BCUT2D eigenvalue weighted by atomic mass is 10.1. The highest BCUT2D eigenvalue weighted by atomic mass is 16.6. The van der Waals surface area contributed by atoms with Crippen LogP contribution in [0.5, 0.6) is 11.5 Å². The van der Waals surface area contributed by atoms with Crippen LogP contribution in [-0.4, -0.2) is 70.7 Å². The molecule has 0 radical (unpaired) electrons. The van der Waals surface area contributed by atoms with E-state index in [0.717, 1.165) is 60.6 Å². The van der Waals surface area contributed by atoms with Gasteiger partial charge < -0.3 is 18.9 Å². The van der Waals surface area contributed by atoms with Crippen molar-refractivity contribution in [3.63, 3.8) is 0 Å². The molecule has 1 saturated heterocycles. The van der Waals surface area contributed by atoms with Gasteiger partial charge in [-0.1, -0.05) is 12.1 Å². The summed E-state index contributed by atoms with van der Waals surface area (Å²) in [5.74, 6) is 2.46. The van der Waals surface area contributed by atoms with E-state index in [1.54, 1.807) is 12.4 Å². The summed E-state index contributed by atoms with van der Waals surface area (Å²) in [6.07, 6.45) is 3.43. The van der Waals surface area contributed by atoms with E-state index in [0.29, 0.717) is 19.7 Å². The monoisotopic (exact) mass is 447 g/mol. The van der Waals surface area contributed by atoms with Crippen LogP contribution in [0.25, 0.3) is 0 Å². The highest BCUT2D eigenvalue weighted by Crippen LogP contribution is 2.31. The van der Waals surface area contributed by atoms with Gasteiger partial charge in [0.2, 0.25) is 5.95 Å². The fraction of sp³-hybridized carbons (Fsp3) is 0.400. The third-order valence-corrected chi connectivity index (χ3v) is 6.40. The van der Waals surface area contributed by atoms with Crippen molar-refractivity contribution in [3.05, 3.63) is 65.7 Å². The number of hydrogen-bond donors (Lipinski definition) is 0. The molecule has 2 aliphatic rings. The maximum Gasteiger partial charge on any atom is 0.225 e. The predicted molar refractivity (Wildman–Crippen MR) is 125 cm³/mol. The second-order valence-electron chi connectivity index (χ2n) is 8.63. The lowest BCUT2D eigenvalue weighted by Crippen LogP contribution is -2.48. The van der Waals surface area contributed by atoms with Crippen LogP contribution < -0.4 is 14.4 Å². The molecule has 0 saturated carbocycles. The van der Waals surface area contributed by atoms with E-state index in [-0.39, 0.29) is 11.9 Å². The van der Waals surface area contributed by atoms with Crippen molar-refractivity contribution < 1.29 is 14.3 Å². The van der Waals surface area contributed by atoms with Gasteiger partial charge >= 0.3 is 0 Å². The van der Waals surface area contributed by atoms with Gasteiger partial charge in [0.25, 0.3) is 0 Å². The van der Waals surface area contributed by atoms with Gasteiger partial charge in [-0.05, 0) is 38.1 Å². The van der Waals surface area contributed by atoms with Gasteiger partial charge in [0, 0.05) is 55.5 Å². The summed E-state index contributed by atoms with van der Waals surface area (Å²) in [6.45, 7) is 8.88. The molecule has 172 valence electrons. The number of rotatable bonds is 6. The summed E-state index contributed by atoms with van der Waals surface area (Å²) >= 11 is 0. The Balaban J connectivity index is 1.20. The molecule has 5 rings (SSSR count). The zero-order valence-corrected chi connectivity index (χ0v) is 19.1. The first-order valence-electron chi connectivity index (χ1n) is 11.4. The Morgan fingerprint density at radius 2 is 1.76 bits per heavy atom. The van der Waals surface area contributed by atoms with Crippen LogP contribution in [-0.2, 0) is 6.54 Å². The van der Waals surface area contributed by atoms with Crippen molar-refractivity contribution in [2.24, 2.45) is 0 Å². The summed E-state index contributed by atoms with van der Waals surface area (Å²) in [6, 6.07) is 11.6. The molecule has 2 aliphatic heterocycles. The van der Waals surface area contributed by atoms with Gasteiger partial charge in [0.15, 0.2) is 23.4 Å². The Kier molecular flexibility index (Phi) is 6.00. The van der Waals surface area contributed by atoms with Gasteiger partial charge in [-0.25, -0.2) is 9.97 Å². The zero-order valence-electron chi connectivity index (χ0n) is 19.1. The Hall–Kier alpha value is -3.39. The Bertz CT molecular complexity index is 1120. The highest BCUT2D eigenvalue weighted by Gasteiger charge is 2.26. The summed E-state index contributed by atoms with van der Waals surface area (Å²) in [5.41, 5.74) is 2.83. The topological polar surface area (TPSA) is 72.7 Å². The van der Waals surface area contributed by atoms with Crippen molar-refractivity contribution in [2.75, 3.05) is 44.2 Å². The fourth-order valence-electron chi connectivity index (χ4n) is 4.57. The molecular weight excluding hydrogens is 418 g/mol. The van der Waals surface area contributed by atoms with E-state index in [1.165, 1.54) is 0 Å². The van der Waals surface area contributed by atoms with E-state index in [1.807, 2.05) is 50.2 Å². The maximum absolute atomic E-state index is 13.2. The lowest BCUT2D eigenvalue weighted by molar-refractivity contribution is 0.0777. The molecule has 0 aliphatic carbocycles. The second-order valence-corrected chi connectivity index (χ2v) is 8.63. The van der Waals surface area contributed by atoms with Crippen LogP contribution in [0, 0.1) is 13.8 Å². The molecule has 0 spiro atoms. The standard InChI is InChI=1S/C25H29N5O3/c1-18-14-21(19(2)30(18)15-20-17-32-23-6-3-4-7-24(23)33-20)22(31)16-28-10-12-29(13-11-28)25-26-8-5-9-27-25/h3-9,14,20H,10-13,15-17H2,1-2H3/t20-/m0/s1. The number of piperazine rings is 1. The van der Waals surface area contributed by atoms with E-state index < -0.39 is 0 Å². The van der Waals surface area contributed by atoms with Crippen molar-refractivity contribution in [1.82, 2.24) is 19.4 Å². The summed E-state index contributed by atoms with van der Waals surface area (Å²) in [7, 11) is 0. The molecule has 0 bridgehead atoms. The molecule has 4 heterocycles. The molecular formula is C25H29N5O3. The highest BCUT2D eigenvalue weighted by molar-refractivity contribution is 5.99. The van der Waals surface area contributed by atoms with E-state index in [2.05, 4.69) is 24.3 Å². The number of carbonyl (C=O) groups excluding carboxylic acids is 1. The number of aryl methyl sites for hydroxylation is 1. The second kappa shape index (κ2) is 9.23. The minimum Gasteiger partial charge on any atom is -0.486 e. The number of carbonyl (C=O) groups is 1. The first-order chi connectivity index (χ1) is 16.1. The average Bonchev–Trinajstić information content (AvgIpc) is 3.13. The number of para-hydroxylation sites is 2. The fourth-order valence-corrected chi connectivity index (χ4v) is 4.57. The zero-order chi connectivity index (χ0) is 22.8. The van der Waals surface area contributed by atoms with Crippen molar-refractivity contribution in [3.8, 4) is 11.5 Å². The maximum atomic E-state index is 13.2. The largest absolute Gasteiger partial charge is 0.486 e. The van der Waals surface area contributed by atoms with Crippen LogP contribution in [0.2, 0.25) is 0 Å². The number of aromatic nitrogens is 3. The number of ether oxygens (including phenoxy) is 2. The van der Waals surface area contributed by atoms with E-state index >= 15 is 0 Å². The van der Waals surface area contributed by atoms with Gasteiger partial charge in [-0.3, -0.25) is 9.69 Å². The Morgan fingerprint density at radius 1 is 1.03 bits per heavy atom. The SMILES string of the molecule is Cc1cc(C(=O)CN2CCN(c3ncccn3)CC2)c(C)n1C[C@H]1COc2ccccc2O1. The van der Waals surface area contributed by atoms with Crippen molar-refractivity contribution >= 4 is 11.7 Å². The molecule has 1 aromatic carbocycles. The molecule has 0 unspecified atom stereocenters.